The van der Waals surface area contributed by atoms with Gasteiger partial charge in [-0.15, -0.1) is 11.8 Å². The summed E-state index contributed by atoms with van der Waals surface area (Å²) in [5.74, 6) is 0.247. The number of carbonyl (C=O) groups excluding carboxylic acids is 1. The number of sulfonamides is 1. The molecule has 4 rings (SSSR count). The Balaban J connectivity index is 1.79. The molecule has 1 N–H and O–H groups in total. The number of anilines is 2. The van der Waals surface area contributed by atoms with Crippen molar-refractivity contribution in [1.29, 1.82) is 0 Å². The molecule has 0 aliphatic carbocycles. The van der Waals surface area contributed by atoms with Crippen LogP contribution in [0, 0.1) is 0 Å². The van der Waals surface area contributed by atoms with Crippen LogP contribution in [0.15, 0.2) is 52.3 Å². The molecule has 2 aromatic carbocycles. The van der Waals surface area contributed by atoms with E-state index in [-0.39, 0.29) is 16.8 Å². The topological polar surface area (TPSA) is 66.5 Å². The molecule has 0 unspecified atom stereocenters. The van der Waals surface area contributed by atoms with Crippen molar-refractivity contribution in [3.05, 3.63) is 48.0 Å². The molecular formula is C17H16N2O3S2. The number of nitrogens with one attached hydrogen (secondary N) is 1. The van der Waals surface area contributed by atoms with E-state index in [1.54, 1.807) is 18.2 Å². The summed E-state index contributed by atoms with van der Waals surface area (Å²) in [5, 5.41) is 2.75. The Morgan fingerprint density at radius 1 is 1.21 bits per heavy atom. The normalized spacial score (nSPS) is 19.6. The van der Waals surface area contributed by atoms with Crippen LogP contribution in [-0.2, 0) is 21.2 Å². The molecule has 2 aliphatic rings. The average molecular weight is 360 g/mol. The first kappa shape index (κ1) is 15.5. The molecule has 0 aromatic heterocycles. The van der Waals surface area contributed by atoms with Crippen molar-refractivity contribution in [2.45, 2.75) is 29.2 Å². The van der Waals surface area contributed by atoms with Crippen LogP contribution >= 0.6 is 11.8 Å². The van der Waals surface area contributed by atoms with Crippen molar-refractivity contribution in [1.82, 2.24) is 0 Å². The molecule has 7 heteroatoms. The molecule has 2 aromatic rings. The van der Waals surface area contributed by atoms with Crippen LogP contribution < -0.4 is 9.62 Å². The van der Waals surface area contributed by atoms with Gasteiger partial charge in [0.2, 0.25) is 5.91 Å². The number of nitrogens with zero attached hydrogens (tertiary/aromatic N) is 1. The van der Waals surface area contributed by atoms with Gasteiger partial charge in [-0.3, -0.25) is 9.10 Å². The average Bonchev–Trinajstić information content (AvgIpc) is 2.90. The van der Waals surface area contributed by atoms with Crippen molar-refractivity contribution in [2.75, 3.05) is 15.4 Å². The molecule has 5 nitrogen and oxygen atoms in total. The van der Waals surface area contributed by atoms with E-state index in [0.717, 1.165) is 16.1 Å². The second-order valence-corrected chi connectivity index (χ2v) is 8.81. The van der Waals surface area contributed by atoms with Crippen molar-refractivity contribution in [3.63, 3.8) is 0 Å². The second kappa shape index (κ2) is 5.53. The van der Waals surface area contributed by atoms with E-state index < -0.39 is 10.0 Å². The highest BCUT2D eigenvalue weighted by molar-refractivity contribution is 8.00. The van der Waals surface area contributed by atoms with Gasteiger partial charge in [-0.05, 0) is 43.2 Å². The highest BCUT2D eigenvalue weighted by Gasteiger charge is 2.36. The van der Waals surface area contributed by atoms with E-state index in [4.69, 9.17) is 0 Å². The van der Waals surface area contributed by atoms with Gasteiger partial charge in [0, 0.05) is 10.9 Å². The SMILES string of the molecule is C[C@H]1Cc2ccccc2N1S(=O)(=O)c1ccc2c(c1)NC(=O)CS2. The fourth-order valence-corrected chi connectivity index (χ4v) is 5.75. The second-order valence-electron chi connectivity index (χ2n) is 5.98. The lowest BCUT2D eigenvalue weighted by atomic mass is 10.1. The number of para-hydroxylation sites is 1. The summed E-state index contributed by atoms with van der Waals surface area (Å²) < 4.78 is 27.9. The van der Waals surface area contributed by atoms with Gasteiger partial charge >= 0.3 is 0 Å². The summed E-state index contributed by atoms with van der Waals surface area (Å²) in [4.78, 5) is 12.7. The van der Waals surface area contributed by atoms with Gasteiger partial charge in [0.25, 0.3) is 10.0 Å². The summed E-state index contributed by atoms with van der Waals surface area (Å²) in [6, 6.07) is 12.4. The van der Waals surface area contributed by atoms with Crippen molar-refractivity contribution >= 4 is 39.1 Å². The standard InChI is InChI=1S/C17H16N2O3S2/c1-11-8-12-4-2-3-5-15(12)19(11)24(21,22)13-6-7-16-14(9-13)18-17(20)10-23-16/h2-7,9,11H,8,10H2,1H3,(H,18,20)/t11-/m0/s1. The van der Waals surface area contributed by atoms with E-state index >= 15 is 0 Å². The zero-order valence-corrected chi connectivity index (χ0v) is 14.7. The minimum atomic E-state index is -3.68. The van der Waals surface area contributed by atoms with Gasteiger partial charge in [-0.1, -0.05) is 18.2 Å². The lowest BCUT2D eigenvalue weighted by molar-refractivity contribution is -0.113. The fraction of sp³-hybridized carbons (Fsp3) is 0.235. The third kappa shape index (κ3) is 2.39. The minimum Gasteiger partial charge on any atom is -0.324 e. The number of hydrogen-bond acceptors (Lipinski definition) is 4. The third-order valence-electron chi connectivity index (χ3n) is 4.29. The number of rotatable bonds is 2. The predicted molar refractivity (Wildman–Crippen MR) is 95.1 cm³/mol. The van der Waals surface area contributed by atoms with E-state index in [1.807, 2.05) is 31.2 Å². The smallest absolute Gasteiger partial charge is 0.264 e. The van der Waals surface area contributed by atoms with Gasteiger partial charge in [0.1, 0.15) is 0 Å². The summed E-state index contributed by atoms with van der Waals surface area (Å²) >= 11 is 1.42. The number of fused-ring (bicyclic) bond motifs is 2. The highest BCUT2D eigenvalue weighted by atomic mass is 32.2. The maximum absolute atomic E-state index is 13.2. The Morgan fingerprint density at radius 3 is 2.83 bits per heavy atom. The Morgan fingerprint density at radius 2 is 2.00 bits per heavy atom. The summed E-state index contributed by atoms with van der Waals surface area (Å²) in [7, 11) is -3.68. The van der Waals surface area contributed by atoms with Crippen LogP contribution in [0.25, 0.3) is 0 Å². The molecule has 0 spiro atoms. The van der Waals surface area contributed by atoms with Crippen LogP contribution in [-0.4, -0.2) is 26.1 Å². The number of amides is 1. The molecule has 0 saturated heterocycles. The van der Waals surface area contributed by atoms with Crippen LogP contribution in [0.4, 0.5) is 11.4 Å². The first-order valence-corrected chi connectivity index (χ1v) is 10.1. The number of thioether (sulfide) groups is 1. The molecule has 1 atom stereocenters. The molecule has 2 aliphatic heterocycles. The predicted octanol–water partition coefficient (Wildman–Crippen LogP) is 2.87. The first-order valence-electron chi connectivity index (χ1n) is 7.66. The van der Waals surface area contributed by atoms with E-state index in [0.29, 0.717) is 17.9 Å². The van der Waals surface area contributed by atoms with Crippen LogP contribution in [0.1, 0.15) is 12.5 Å². The summed E-state index contributed by atoms with van der Waals surface area (Å²) in [6.07, 6.45) is 0.701. The lowest BCUT2D eigenvalue weighted by Crippen LogP contribution is -2.35. The van der Waals surface area contributed by atoms with Gasteiger partial charge in [0.05, 0.1) is 22.0 Å². The lowest BCUT2D eigenvalue weighted by Gasteiger charge is -2.25. The van der Waals surface area contributed by atoms with Crippen molar-refractivity contribution in [2.24, 2.45) is 0 Å². The maximum Gasteiger partial charge on any atom is 0.264 e. The molecule has 2 heterocycles. The molecule has 0 radical (unpaired) electrons. The van der Waals surface area contributed by atoms with Gasteiger partial charge < -0.3 is 5.32 Å². The van der Waals surface area contributed by atoms with E-state index in [9.17, 15) is 13.2 Å². The Hall–Kier alpha value is -1.99. The largest absolute Gasteiger partial charge is 0.324 e. The minimum absolute atomic E-state index is 0.109. The van der Waals surface area contributed by atoms with E-state index in [2.05, 4.69) is 5.32 Å². The molecular weight excluding hydrogens is 344 g/mol. The van der Waals surface area contributed by atoms with Crippen LogP contribution in [0.3, 0.4) is 0 Å². The molecule has 24 heavy (non-hydrogen) atoms. The molecule has 1 amide bonds. The van der Waals surface area contributed by atoms with Crippen LogP contribution in [0.2, 0.25) is 0 Å². The summed E-state index contributed by atoms with van der Waals surface area (Å²) in [5.41, 5.74) is 2.34. The quantitative estimate of drug-likeness (QED) is 0.894. The van der Waals surface area contributed by atoms with Gasteiger partial charge in [-0.2, -0.15) is 0 Å². The third-order valence-corrected chi connectivity index (χ3v) is 7.28. The number of benzene rings is 2. The molecule has 124 valence electrons. The van der Waals surface area contributed by atoms with Crippen LogP contribution in [0.5, 0.6) is 0 Å². The monoisotopic (exact) mass is 360 g/mol. The fourth-order valence-electron chi connectivity index (χ4n) is 3.24. The zero-order valence-electron chi connectivity index (χ0n) is 13.0. The van der Waals surface area contributed by atoms with E-state index in [1.165, 1.54) is 16.1 Å². The Bertz CT molecular complexity index is 941. The van der Waals surface area contributed by atoms with Gasteiger partial charge in [0.15, 0.2) is 0 Å². The molecule has 0 bridgehead atoms. The summed E-state index contributed by atoms with van der Waals surface area (Å²) in [6.45, 7) is 1.91. The molecule has 0 saturated carbocycles. The van der Waals surface area contributed by atoms with Gasteiger partial charge in [-0.25, -0.2) is 8.42 Å². The maximum atomic E-state index is 13.2. The zero-order chi connectivity index (χ0) is 16.9. The first-order chi connectivity index (χ1) is 11.5. The number of hydrogen-bond donors (Lipinski definition) is 1. The Kier molecular flexibility index (Phi) is 3.58. The molecule has 0 fully saturated rings. The highest BCUT2D eigenvalue weighted by Crippen LogP contribution is 2.39. The Labute approximate surface area is 145 Å². The number of carbonyl (C=O) groups is 1. The van der Waals surface area contributed by atoms with Crippen molar-refractivity contribution < 1.29 is 13.2 Å². The van der Waals surface area contributed by atoms with Crippen molar-refractivity contribution in [3.8, 4) is 0 Å².